The number of benzene rings is 1. The zero-order chi connectivity index (χ0) is 13.4. The number of nitrogens with zero attached hydrogens (tertiary/aromatic N) is 2. The van der Waals surface area contributed by atoms with Crippen molar-refractivity contribution in [2.45, 2.75) is 23.8 Å². The largest absolute Gasteiger partial charge is 0.236 e. The second kappa shape index (κ2) is 5.32. The van der Waals surface area contributed by atoms with Crippen LogP contribution in [0.5, 0.6) is 0 Å². The first-order valence-corrected chi connectivity index (χ1v) is 9.16. The first-order chi connectivity index (χ1) is 9.19. The van der Waals surface area contributed by atoms with Gasteiger partial charge in [-0.1, -0.05) is 0 Å². The van der Waals surface area contributed by atoms with E-state index in [-0.39, 0.29) is 5.56 Å². The predicted molar refractivity (Wildman–Crippen MR) is 79.2 cm³/mol. The summed E-state index contributed by atoms with van der Waals surface area (Å²) in [4.78, 5) is 8.61. The van der Waals surface area contributed by atoms with Crippen molar-refractivity contribution < 1.29 is 8.78 Å². The van der Waals surface area contributed by atoms with Crippen molar-refractivity contribution in [1.29, 1.82) is 0 Å². The van der Waals surface area contributed by atoms with Gasteiger partial charge < -0.3 is 0 Å². The highest BCUT2D eigenvalue weighted by atomic mass is 127. The molecule has 0 radical (unpaired) electrons. The van der Waals surface area contributed by atoms with Crippen molar-refractivity contribution in [2.24, 2.45) is 0 Å². The molecule has 0 unspecified atom stereocenters. The Balaban J connectivity index is 2.05. The Morgan fingerprint density at radius 3 is 2.68 bits per heavy atom. The Labute approximate surface area is 125 Å². The molecule has 1 heterocycles. The molecule has 2 nitrogen and oxygen atoms in total. The normalized spacial score (nSPS) is 14.7. The molecular weight excluding hydrogens is 381 g/mol. The third-order valence-corrected chi connectivity index (χ3v) is 4.77. The van der Waals surface area contributed by atoms with E-state index >= 15 is 0 Å². The quantitative estimate of drug-likeness (QED) is 0.559. The molecule has 0 saturated heterocycles. The van der Waals surface area contributed by atoms with Crippen LogP contribution in [0.4, 0.5) is 8.78 Å². The van der Waals surface area contributed by atoms with Crippen LogP contribution < -0.4 is 0 Å². The molecule has 1 aliphatic rings. The number of hydrogen-bond acceptors (Lipinski definition) is 3. The van der Waals surface area contributed by atoms with Crippen LogP contribution in [0.25, 0.3) is 11.4 Å². The average molecular weight is 390 g/mol. The van der Waals surface area contributed by atoms with Gasteiger partial charge in [0.25, 0.3) is 0 Å². The molecule has 1 aromatic carbocycles. The Kier molecular flexibility index (Phi) is 3.70. The van der Waals surface area contributed by atoms with Gasteiger partial charge in [0.15, 0.2) is 5.82 Å². The minimum atomic E-state index is -0.636. The highest BCUT2D eigenvalue weighted by Gasteiger charge is 2.27. The summed E-state index contributed by atoms with van der Waals surface area (Å²) in [6.45, 7) is 0. The van der Waals surface area contributed by atoms with Crippen molar-refractivity contribution in [1.82, 2.24) is 9.97 Å². The van der Waals surface area contributed by atoms with Gasteiger partial charge in [-0.05, 0) is 39.8 Å². The number of rotatable bonds is 3. The van der Waals surface area contributed by atoms with E-state index in [2.05, 4.69) is 31.2 Å². The van der Waals surface area contributed by atoms with Crippen LogP contribution in [0.1, 0.15) is 24.3 Å². The molecule has 1 aliphatic carbocycles. The topological polar surface area (TPSA) is 25.8 Å². The molecule has 0 aliphatic heterocycles. The first kappa shape index (κ1) is 13.2. The fraction of sp³-hybridized carbons (Fsp3) is 0.231. The molecule has 1 fully saturated rings. The molecule has 3 rings (SSSR count). The summed E-state index contributed by atoms with van der Waals surface area (Å²) < 4.78 is 26.6. The fourth-order valence-electron chi connectivity index (χ4n) is 1.91. The zero-order valence-electron chi connectivity index (χ0n) is 9.74. The van der Waals surface area contributed by atoms with Gasteiger partial charge in [0.1, 0.15) is 16.7 Å². The molecule has 19 heavy (non-hydrogen) atoms. The molecule has 0 amide bonds. The molecule has 0 N–H and O–H groups in total. The van der Waals surface area contributed by atoms with Crippen LogP contribution in [0.3, 0.4) is 0 Å². The predicted octanol–water partition coefficient (Wildman–Crippen LogP) is 4.74. The number of aromatic nitrogens is 2. The van der Waals surface area contributed by atoms with Gasteiger partial charge in [-0.2, -0.15) is 0 Å². The monoisotopic (exact) mass is 390 g/mol. The SMILES string of the molecule is Fc1ccc(-c2ncc(C3CC3)c(SI)n2)c(F)c1. The summed E-state index contributed by atoms with van der Waals surface area (Å²) in [6.07, 6.45) is 4.10. The lowest BCUT2D eigenvalue weighted by Gasteiger charge is -2.07. The Morgan fingerprint density at radius 1 is 1.26 bits per heavy atom. The lowest BCUT2D eigenvalue weighted by molar-refractivity contribution is 0.584. The first-order valence-electron chi connectivity index (χ1n) is 5.80. The Morgan fingerprint density at radius 2 is 2.05 bits per heavy atom. The van der Waals surface area contributed by atoms with E-state index in [0.717, 1.165) is 29.5 Å². The van der Waals surface area contributed by atoms with Crippen LogP contribution in [0, 0.1) is 11.6 Å². The van der Waals surface area contributed by atoms with Gasteiger partial charge in [0.05, 0.1) is 5.56 Å². The van der Waals surface area contributed by atoms with E-state index in [4.69, 9.17) is 0 Å². The maximum Gasteiger partial charge on any atom is 0.163 e. The zero-order valence-corrected chi connectivity index (χ0v) is 12.7. The molecule has 0 atom stereocenters. The molecular formula is C13H9F2IN2S. The molecule has 1 saturated carbocycles. The van der Waals surface area contributed by atoms with E-state index in [1.807, 2.05) is 0 Å². The highest BCUT2D eigenvalue weighted by Crippen LogP contribution is 2.44. The van der Waals surface area contributed by atoms with Gasteiger partial charge in [0.2, 0.25) is 0 Å². The number of hydrogen-bond donors (Lipinski definition) is 0. The minimum absolute atomic E-state index is 0.232. The summed E-state index contributed by atoms with van der Waals surface area (Å²) in [6, 6.07) is 3.44. The van der Waals surface area contributed by atoms with Gasteiger partial charge in [-0.15, -0.1) is 0 Å². The molecule has 0 spiro atoms. The molecule has 98 valence electrons. The van der Waals surface area contributed by atoms with E-state index < -0.39 is 11.6 Å². The second-order valence-electron chi connectivity index (χ2n) is 4.43. The van der Waals surface area contributed by atoms with Crippen molar-refractivity contribution >= 4 is 30.1 Å². The van der Waals surface area contributed by atoms with E-state index in [0.29, 0.717) is 11.7 Å². The van der Waals surface area contributed by atoms with Crippen molar-refractivity contribution in [3.05, 3.63) is 41.6 Å². The smallest absolute Gasteiger partial charge is 0.163 e. The van der Waals surface area contributed by atoms with Crippen LogP contribution in [0.15, 0.2) is 29.4 Å². The Hall–Kier alpha value is -0.760. The van der Waals surface area contributed by atoms with Crippen LogP contribution in [-0.4, -0.2) is 9.97 Å². The van der Waals surface area contributed by atoms with E-state index in [1.54, 1.807) is 6.20 Å². The maximum absolute atomic E-state index is 13.7. The number of halogens is 3. The molecule has 2 aromatic rings. The maximum atomic E-state index is 13.7. The van der Waals surface area contributed by atoms with E-state index in [1.165, 1.54) is 21.1 Å². The summed E-state index contributed by atoms with van der Waals surface area (Å²) in [5.74, 6) is -0.381. The van der Waals surface area contributed by atoms with Crippen LogP contribution in [-0.2, 0) is 0 Å². The highest BCUT2D eigenvalue weighted by molar-refractivity contribution is 14.2. The minimum Gasteiger partial charge on any atom is -0.236 e. The summed E-state index contributed by atoms with van der Waals surface area (Å²) >= 11 is 2.16. The molecule has 6 heteroatoms. The van der Waals surface area contributed by atoms with Gasteiger partial charge in [-0.3, -0.25) is 0 Å². The van der Waals surface area contributed by atoms with E-state index in [9.17, 15) is 8.78 Å². The Bertz CT molecular complexity index is 632. The third kappa shape index (κ3) is 2.74. The van der Waals surface area contributed by atoms with Crippen molar-refractivity contribution in [3.8, 4) is 11.4 Å². The van der Waals surface area contributed by atoms with Gasteiger partial charge >= 0.3 is 0 Å². The molecule has 1 aromatic heterocycles. The fourth-order valence-corrected chi connectivity index (χ4v) is 3.40. The van der Waals surface area contributed by atoms with Gasteiger partial charge in [0, 0.05) is 39.0 Å². The summed E-state index contributed by atoms with van der Waals surface area (Å²) in [5, 5.41) is 0.872. The summed E-state index contributed by atoms with van der Waals surface area (Å²) in [5.41, 5.74) is 1.36. The second-order valence-corrected chi connectivity index (χ2v) is 6.29. The van der Waals surface area contributed by atoms with Crippen molar-refractivity contribution in [2.75, 3.05) is 0 Å². The molecule has 0 bridgehead atoms. The third-order valence-electron chi connectivity index (χ3n) is 3.04. The lowest BCUT2D eigenvalue weighted by Crippen LogP contribution is -1.97. The van der Waals surface area contributed by atoms with Crippen molar-refractivity contribution in [3.63, 3.8) is 0 Å². The van der Waals surface area contributed by atoms with Gasteiger partial charge in [-0.25, -0.2) is 18.7 Å². The standard InChI is InChI=1S/C13H9F2IN2S/c14-8-3-4-9(11(15)5-8)12-17-6-10(7-1-2-7)13(18-12)19-16/h3-7H,1-2H2. The van der Waals surface area contributed by atoms with Crippen LogP contribution >= 0.6 is 30.1 Å². The lowest BCUT2D eigenvalue weighted by atomic mass is 10.2. The average Bonchev–Trinajstić information content (AvgIpc) is 3.22. The summed E-state index contributed by atoms with van der Waals surface area (Å²) in [7, 11) is 1.50. The van der Waals surface area contributed by atoms with Crippen LogP contribution in [0.2, 0.25) is 0 Å².